The molecule has 0 bridgehead atoms. The molecule has 0 aromatic heterocycles. The van der Waals surface area contributed by atoms with Gasteiger partial charge in [0.25, 0.3) is 0 Å². The molecule has 0 aromatic carbocycles. The third-order valence-corrected chi connectivity index (χ3v) is 1.66. The lowest BCUT2D eigenvalue weighted by molar-refractivity contribution is -0.0430. The maximum absolute atomic E-state index is 5.51. The lowest BCUT2D eigenvalue weighted by Gasteiger charge is -2.23. The molecule has 0 aliphatic rings. The van der Waals surface area contributed by atoms with Crippen LogP contribution in [0.3, 0.4) is 0 Å². The van der Waals surface area contributed by atoms with E-state index in [1.807, 2.05) is 13.8 Å². The Morgan fingerprint density at radius 1 is 1.23 bits per heavy atom. The Kier molecular flexibility index (Phi) is 6.29. The predicted molar refractivity (Wildman–Crippen MR) is 54.7 cm³/mol. The van der Waals surface area contributed by atoms with E-state index in [1.54, 1.807) is 0 Å². The fourth-order valence-corrected chi connectivity index (χ4v) is 0.755. The van der Waals surface area contributed by atoms with E-state index in [2.05, 4.69) is 13.8 Å². The maximum Gasteiger partial charge on any atom is 0.0749 e. The molecular weight excluding hydrogens is 166 g/mol. The van der Waals surface area contributed by atoms with Crippen molar-refractivity contribution in [1.82, 2.24) is 0 Å². The second-order valence-corrected chi connectivity index (χ2v) is 4.28. The minimum absolute atomic E-state index is 0.221. The van der Waals surface area contributed by atoms with E-state index >= 15 is 0 Å². The van der Waals surface area contributed by atoms with Crippen LogP contribution in [0.5, 0.6) is 0 Å². The van der Waals surface area contributed by atoms with Crippen molar-refractivity contribution in [1.29, 1.82) is 0 Å². The molecule has 0 aliphatic heterocycles. The highest BCUT2D eigenvalue weighted by atomic mass is 16.5. The molecule has 0 spiro atoms. The van der Waals surface area contributed by atoms with E-state index in [0.29, 0.717) is 25.7 Å². The third-order valence-electron chi connectivity index (χ3n) is 1.66. The Hall–Kier alpha value is -0.120. The minimum atomic E-state index is -0.221. The van der Waals surface area contributed by atoms with Crippen molar-refractivity contribution in [3.63, 3.8) is 0 Å². The van der Waals surface area contributed by atoms with Gasteiger partial charge in [-0.05, 0) is 19.8 Å². The summed E-state index contributed by atoms with van der Waals surface area (Å²) in [6.07, 6.45) is 0. The van der Waals surface area contributed by atoms with Gasteiger partial charge in [-0.3, -0.25) is 0 Å². The molecule has 3 heteroatoms. The molecule has 80 valence electrons. The van der Waals surface area contributed by atoms with Crippen molar-refractivity contribution in [2.75, 3.05) is 26.4 Å². The molecule has 0 heterocycles. The van der Waals surface area contributed by atoms with Gasteiger partial charge in [0.05, 0.1) is 18.8 Å². The van der Waals surface area contributed by atoms with Crippen LogP contribution in [0.25, 0.3) is 0 Å². The fourth-order valence-electron chi connectivity index (χ4n) is 0.755. The van der Waals surface area contributed by atoms with Crippen molar-refractivity contribution < 1.29 is 9.47 Å². The van der Waals surface area contributed by atoms with Crippen LogP contribution in [0.15, 0.2) is 0 Å². The molecule has 0 unspecified atom stereocenters. The Morgan fingerprint density at radius 2 is 1.85 bits per heavy atom. The van der Waals surface area contributed by atoms with Crippen LogP contribution >= 0.6 is 0 Å². The van der Waals surface area contributed by atoms with E-state index in [9.17, 15) is 0 Å². The maximum atomic E-state index is 5.51. The molecule has 0 rings (SSSR count). The third kappa shape index (κ3) is 8.22. The predicted octanol–water partition coefficient (Wildman–Crippen LogP) is 1.41. The number of hydrogen-bond acceptors (Lipinski definition) is 3. The van der Waals surface area contributed by atoms with Crippen molar-refractivity contribution in [3.8, 4) is 0 Å². The smallest absolute Gasteiger partial charge is 0.0749 e. The van der Waals surface area contributed by atoms with Crippen molar-refractivity contribution in [2.24, 2.45) is 11.7 Å². The zero-order chi connectivity index (χ0) is 10.3. The topological polar surface area (TPSA) is 44.5 Å². The monoisotopic (exact) mass is 189 g/mol. The molecule has 2 N–H and O–H groups in total. The van der Waals surface area contributed by atoms with E-state index < -0.39 is 0 Å². The van der Waals surface area contributed by atoms with Gasteiger partial charge < -0.3 is 15.2 Å². The summed E-state index contributed by atoms with van der Waals surface area (Å²) in [5, 5.41) is 0. The number of rotatable bonds is 7. The summed E-state index contributed by atoms with van der Waals surface area (Å²) in [5.41, 5.74) is 5.28. The highest BCUT2D eigenvalue weighted by molar-refractivity contribution is 4.68. The van der Waals surface area contributed by atoms with Gasteiger partial charge >= 0.3 is 0 Å². The summed E-state index contributed by atoms with van der Waals surface area (Å²) >= 11 is 0. The first-order chi connectivity index (χ1) is 5.98. The van der Waals surface area contributed by atoms with Crippen LogP contribution in [-0.2, 0) is 9.47 Å². The zero-order valence-electron chi connectivity index (χ0n) is 9.30. The first kappa shape index (κ1) is 12.9. The van der Waals surface area contributed by atoms with Crippen molar-refractivity contribution in [2.45, 2.75) is 33.3 Å². The molecule has 0 atom stereocenters. The van der Waals surface area contributed by atoms with Gasteiger partial charge in [-0.2, -0.15) is 0 Å². The SMILES string of the molecule is CC(C)COCCOC(C)(C)CN. The average Bonchev–Trinajstić information content (AvgIpc) is 2.03. The molecule has 0 aromatic rings. The Balaban J connectivity index is 3.26. The van der Waals surface area contributed by atoms with Gasteiger partial charge in [0.15, 0.2) is 0 Å². The summed E-state index contributed by atoms with van der Waals surface area (Å²) in [6, 6.07) is 0. The molecule has 0 saturated heterocycles. The number of ether oxygens (including phenoxy) is 2. The molecule has 0 amide bonds. The van der Waals surface area contributed by atoms with Crippen LogP contribution in [0.1, 0.15) is 27.7 Å². The van der Waals surface area contributed by atoms with E-state index in [0.717, 1.165) is 6.61 Å². The number of nitrogens with two attached hydrogens (primary N) is 1. The molecule has 0 saturated carbocycles. The second kappa shape index (κ2) is 6.35. The number of hydrogen-bond donors (Lipinski definition) is 1. The van der Waals surface area contributed by atoms with Gasteiger partial charge in [0.2, 0.25) is 0 Å². The summed E-state index contributed by atoms with van der Waals surface area (Å²) in [6.45, 7) is 10.8. The average molecular weight is 189 g/mol. The Bertz CT molecular complexity index is 124. The largest absolute Gasteiger partial charge is 0.379 e. The molecule has 0 aliphatic carbocycles. The van der Waals surface area contributed by atoms with Crippen molar-refractivity contribution >= 4 is 0 Å². The molecule has 3 nitrogen and oxygen atoms in total. The van der Waals surface area contributed by atoms with Crippen LogP contribution in [-0.4, -0.2) is 32.0 Å². The first-order valence-corrected chi connectivity index (χ1v) is 4.89. The van der Waals surface area contributed by atoms with Gasteiger partial charge in [-0.25, -0.2) is 0 Å². The highest BCUT2D eigenvalue weighted by Gasteiger charge is 2.14. The Labute approximate surface area is 81.6 Å². The highest BCUT2D eigenvalue weighted by Crippen LogP contribution is 2.05. The van der Waals surface area contributed by atoms with Gasteiger partial charge in [0, 0.05) is 13.2 Å². The molecule has 13 heavy (non-hydrogen) atoms. The lowest BCUT2D eigenvalue weighted by Crippen LogP contribution is -2.35. The normalized spacial score (nSPS) is 12.5. The first-order valence-electron chi connectivity index (χ1n) is 4.89. The molecule has 0 fully saturated rings. The van der Waals surface area contributed by atoms with Crippen LogP contribution < -0.4 is 5.73 Å². The molecule has 0 radical (unpaired) electrons. The summed E-state index contributed by atoms with van der Waals surface area (Å²) in [7, 11) is 0. The van der Waals surface area contributed by atoms with Crippen molar-refractivity contribution in [3.05, 3.63) is 0 Å². The molecular formula is C10H23NO2. The quantitative estimate of drug-likeness (QED) is 0.616. The lowest BCUT2D eigenvalue weighted by atomic mass is 10.1. The van der Waals surface area contributed by atoms with Crippen LogP contribution in [0, 0.1) is 5.92 Å². The zero-order valence-corrected chi connectivity index (χ0v) is 9.30. The van der Waals surface area contributed by atoms with E-state index in [-0.39, 0.29) is 5.60 Å². The summed E-state index contributed by atoms with van der Waals surface area (Å²) < 4.78 is 10.9. The van der Waals surface area contributed by atoms with Gasteiger partial charge in [-0.15, -0.1) is 0 Å². The van der Waals surface area contributed by atoms with Crippen LogP contribution in [0.2, 0.25) is 0 Å². The standard InChI is InChI=1S/C10H23NO2/c1-9(2)7-12-5-6-13-10(3,4)8-11/h9H,5-8,11H2,1-4H3. The minimum Gasteiger partial charge on any atom is -0.379 e. The van der Waals surface area contributed by atoms with Gasteiger partial charge in [0.1, 0.15) is 0 Å². The van der Waals surface area contributed by atoms with Gasteiger partial charge in [-0.1, -0.05) is 13.8 Å². The fraction of sp³-hybridized carbons (Fsp3) is 1.00. The van der Waals surface area contributed by atoms with Crippen LogP contribution in [0.4, 0.5) is 0 Å². The Morgan fingerprint density at radius 3 is 2.31 bits per heavy atom. The summed E-state index contributed by atoms with van der Waals surface area (Å²) in [4.78, 5) is 0. The summed E-state index contributed by atoms with van der Waals surface area (Å²) in [5.74, 6) is 0.586. The van der Waals surface area contributed by atoms with E-state index in [1.165, 1.54) is 0 Å². The van der Waals surface area contributed by atoms with E-state index in [4.69, 9.17) is 15.2 Å². The second-order valence-electron chi connectivity index (χ2n) is 4.28.